The molecule has 0 aliphatic rings. The number of halogens is 1. The fourth-order valence-corrected chi connectivity index (χ4v) is 4.12. The number of nitrogens with zero attached hydrogens (tertiary/aromatic N) is 5. The summed E-state index contributed by atoms with van der Waals surface area (Å²) in [4.78, 5) is 45.5. The van der Waals surface area contributed by atoms with Crippen LogP contribution < -0.4 is 15.8 Å². The van der Waals surface area contributed by atoms with Gasteiger partial charge in [0.05, 0.1) is 23.0 Å². The highest BCUT2D eigenvalue weighted by molar-refractivity contribution is 5.97. The summed E-state index contributed by atoms with van der Waals surface area (Å²) in [6, 6.07) is 6.22. The molecule has 2 aromatic heterocycles. The van der Waals surface area contributed by atoms with Crippen molar-refractivity contribution < 1.29 is 19.1 Å². The van der Waals surface area contributed by atoms with Gasteiger partial charge in [0, 0.05) is 18.7 Å². The predicted octanol–water partition coefficient (Wildman–Crippen LogP) is 1.65. The maximum absolute atomic E-state index is 15.1. The minimum Gasteiger partial charge on any atom is -0.480 e. The molecular weight excluding hydrogens is 507 g/mol. The molecule has 0 saturated carbocycles. The third-order valence-corrected chi connectivity index (χ3v) is 6.14. The first kappa shape index (κ1) is 26.9. The highest BCUT2D eigenvalue weighted by Gasteiger charge is 2.23. The average Bonchev–Trinajstić information content (AvgIpc) is 3.40. The number of aliphatic carboxylic acids is 1. The molecule has 200 valence electrons. The number of carboxylic acids is 1. The second kappa shape index (κ2) is 11.5. The van der Waals surface area contributed by atoms with Crippen molar-refractivity contribution in [1.82, 2.24) is 35.9 Å². The van der Waals surface area contributed by atoms with E-state index in [-0.39, 0.29) is 42.9 Å². The van der Waals surface area contributed by atoms with Crippen LogP contribution >= 0.6 is 0 Å². The summed E-state index contributed by atoms with van der Waals surface area (Å²) in [6.45, 7) is 3.98. The quantitative estimate of drug-likeness (QED) is 0.222. The number of rotatable bonds is 10. The average molecular weight is 533 g/mol. The van der Waals surface area contributed by atoms with Crippen LogP contribution in [0.5, 0.6) is 0 Å². The molecule has 1 atom stereocenters. The summed E-state index contributed by atoms with van der Waals surface area (Å²) in [6.07, 6.45) is 5.70. The zero-order chi connectivity index (χ0) is 28.1. The summed E-state index contributed by atoms with van der Waals surface area (Å²) in [5.41, 5.74) is 2.06. The molecule has 0 aliphatic heterocycles. The standard InChI is InChI=1S/C26H25FN8O4/c1-4-9-35(13-16-11-19-22(10-14(16)2)28-15(3)29-25(19)37)17-5-6-18(20(27)12-17)24(36)30-21(26(38)39)7-8-23-31-33-34-32-23/h1,5-6,10-12,21H,7-9,13H2,2-3H3,(H,30,36)(H,38,39)(H,28,29,37)(H,31,32,33,34)/t21-/m0/s1. The van der Waals surface area contributed by atoms with Gasteiger partial charge in [-0.1, -0.05) is 11.1 Å². The number of anilines is 1. The Hall–Kier alpha value is -5.12. The van der Waals surface area contributed by atoms with E-state index in [0.717, 1.165) is 17.2 Å². The summed E-state index contributed by atoms with van der Waals surface area (Å²) in [5, 5.41) is 25.4. The van der Waals surface area contributed by atoms with Crippen molar-refractivity contribution in [1.29, 1.82) is 0 Å². The smallest absolute Gasteiger partial charge is 0.326 e. The lowest BCUT2D eigenvalue weighted by Gasteiger charge is -2.24. The molecule has 0 spiro atoms. The van der Waals surface area contributed by atoms with Crippen molar-refractivity contribution >= 4 is 28.5 Å². The van der Waals surface area contributed by atoms with Crippen LogP contribution in [0.4, 0.5) is 10.1 Å². The Morgan fingerprint density at radius 3 is 2.72 bits per heavy atom. The normalized spacial score (nSPS) is 11.6. The van der Waals surface area contributed by atoms with Gasteiger partial charge < -0.3 is 20.3 Å². The van der Waals surface area contributed by atoms with Gasteiger partial charge in [-0.2, -0.15) is 5.21 Å². The summed E-state index contributed by atoms with van der Waals surface area (Å²) in [7, 11) is 0. The van der Waals surface area contributed by atoms with E-state index in [4.69, 9.17) is 6.42 Å². The number of nitrogens with one attached hydrogen (secondary N) is 3. The van der Waals surface area contributed by atoms with Gasteiger partial charge >= 0.3 is 5.97 Å². The van der Waals surface area contributed by atoms with Crippen molar-refractivity contribution in [3.05, 3.63) is 74.8 Å². The van der Waals surface area contributed by atoms with E-state index >= 15 is 4.39 Å². The third-order valence-electron chi connectivity index (χ3n) is 6.14. The molecule has 0 saturated heterocycles. The second-order valence-electron chi connectivity index (χ2n) is 8.90. The monoisotopic (exact) mass is 532 g/mol. The van der Waals surface area contributed by atoms with Crippen molar-refractivity contribution in [3.8, 4) is 12.3 Å². The van der Waals surface area contributed by atoms with Crippen LogP contribution in [0, 0.1) is 32.0 Å². The molecule has 39 heavy (non-hydrogen) atoms. The molecular formula is C26H25FN8O4. The molecule has 4 N–H and O–H groups in total. The van der Waals surface area contributed by atoms with E-state index < -0.39 is 23.7 Å². The van der Waals surface area contributed by atoms with Gasteiger partial charge in [-0.05, 0) is 61.7 Å². The molecule has 13 heteroatoms. The topological polar surface area (TPSA) is 170 Å². The van der Waals surface area contributed by atoms with Gasteiger partial charge in [0.15, 0.2) is 5.82 Å². The number of hydrogen-bond acceptors (Lipinski definition) is 8. The number of carboxylic acid groups (broad SMARTS) is 1. The molecule has 0 radical (unpaired) electrons. The van der Waals surface area contributed by atoms with Crippen molar-refractivity contribution in [3.63, 3.8) is 0 Å². The Morgan fingerprint density at radius 2 is 2.05 bits per heavy atom. The minimum atomic E-state index is -1.29. The van der Waals surface area contributed by atoms with Gasteiger partial charge in [-0.15, -0.1) is 16.6 Å². The number of aromatic amines is 2. The lowest BCUT2D eigenvalue weighted by atomic mass is 10.0. The molecule has 0 aliphatic carbocycles. The Bertz CT molecular complexity index is 1630. The van der Waals surface area contributed by atoms with Gasteiger partial charge in [0.2, 0.25) is 0 Å². The fourth-order valence-electron chi connectivity index (χ4n) is 4.12. The highest BCUT2D eigenvalue weighted by atomic mass is 19.1. The molecule has 1 amide bonds. The van der Waals surface area contributed by atoms with Crippen LogP contribution in [0.15, 0.2) is 35.1 Å². The van der Waals surface area contributed by atoms with Crippen molar-refractivity contribution in [2.75, 3.05) is 11.4 Å². The van der Waals surface area contributed by atoms with Crippen molar-refractivity contribution in [2.45, 2.75) is 39.3 Å². The molecule has 4 rings (SSSR count). The molecule has 12 nitrogen and oxygen atoms in total. The fraction of sp³-hybridized carbons (Fsp3) is 0.269. The maximum atomic E-state index is 15.1. The van der Waals surface area contributed by atoms with Crippen LogP contribution in [-0.2, 0) is 17.8 Å². The van der Waals surface area contributed by atoms with E-state index in [1.165, 1.54) is 12.1 Å². The van der Waals surface area contributed by atoms with E-state index in [1.807, 2.05) is 13.0 Å². The first-order valence-corrected chi connectivity index (χ1v) is 11.9. The predicted molar refractivity (Wildman–Crippen MR) is 140 cm³/mol. The summed E-state index contributed by atoms with van der Waals surface area (Å²) >= 11 is 0. The number of aromatic nitrogens is 6. The van der Waals surface area contributed by atoms with E-state index in [2.05, 4.69) is 41.8 Å². The lowest BCUT2D eigenvalue weighted by molar-refractivity contribution is -0.139. The van der Waals surface area contributed by atoms with E-state index in [9.17, 15) is 19.5 Å². The molecule has 2 heterocycles. The molecule has 0 bridgehead atoms. The molecule has 0 unspecified atom stereocenters. The third kappa shape index (κ3) is 6.24. The SMILES string of the molecule is C#CCN(Cc1cc2c(=O)[nH]c(C)nc2cc1C)c1ccc(C(=O)N[C@@H](CCc2nn[nH]n2)C(=O)O)c(F)c1. The lowest BCUT2D eigenvalue weighted by Crippen LogP contribution is -2.41. The Labute approximate surface area is 221 Å². The van der Waals surface area contributed by atoms with Crippen LogP contribution in [0.2, 0.25) is 0 Å². The van der Waals surface area contributed by atoms with Crippen LogP contribution in [0.25, 0.3) is 10.9 Å². The number of aryl methyl sites for hydroxylation is 3. The van der Waals surface area contributed by atoms with Gasteiger partial charge in [0.25, 0.3) is 11.5 Å². The highest BCUT2D eigenvalue weighted by Crippen LogP contribution is 2.24. The van der Waals surface area contributed by atoms with Crippen molar-refractivity contribution in [2.24, 2.45) is 0 Å². The number of benzene rings is 2. The van der Waals surface area contributed by atoms with Gasteiger partial charge in [-0.3, -0.25) is 9.59 Å². The van der Waals surface area contributed by atoms with E-state index in [0.29, 0.717) is 22.4 Å². The molecule has 2 aromatic carbocycles. The zero-order valence-electron chi connectivity index (χ0n) is 21.2. The Morgan fingerprint density at radius 1 is 1.26 bits per heavy atom. The Kier molecular flexibility index (Phi) is 7.95. The number of tetrazole rings is 1. The maximum Gasteiger partial charge on any atom is 0.326 e. The number of carbonyl (C=O) groups excluding carboxylic acids is 1. The minimum absolute atomic E-state index is 0.0146. The summed E-state index contributed by atoms with van der Waals surface area (Å²) < 4.78 is 15.1. The number of terminal acetylenes is 1. The Balaban J connectivity index is 1.54. The largest absolute Gasteiger partial charge is 0.480 e. The van der Waals surface area contributed by atoms with Crippen LogP contribution in [0.3, 0.4) is 0 Å². The number of carbonyl (C=O) groups is 2. The first-order chi connectivity index (χ1) is 18.7. The zero-order valence-corrected chi connectivity index (χ0v) is 21.2. The molecule has 0 fully saturated rings. The summed E-state index contributed by atoms with van der Waals surface area (Å²) in [5.74, 6) is 0.339. The second-order valence-corrected chi connectivity index (χ2v) is 8.90. The number of fused-ring (bicyclic) bond motifs is 1. The molecule has 4 aromatic rings. The number of hydrogen-bond donors (Lipinski definition) is 4. The van der Waals surface area contributed by atoms with Gasteiger partial charge in [-0.25, -0.2) is 14.2 Å². The van der Waals surface area contributed by atoms with Gasteiger partial charge in [0.1, 0.15) is 17.7 Å². The van der Waals surface area contributed by atoms with E-state index in [1.54, 1.807) is 17.9 Å². The number of H-pyrrole nitrogens is 2. The first-order valence-electron chi connectivity index (χ1n) is 11.9. The van der Waals surface area contributed by atoms with Crippen LogP contribution in [0.1, 0.15) is 39.6 Å². The number of amides is 1. The van der Waals surface area contributed by atoms with Crippen LogP contribution in [-0.4, -0.2) is 60.2 Å².